The van der Waals surface area contributed by atoms with Crippen LogP contribution in [0.5, 0.6) is 23.0 Å². The molecule has 0 heterocycles. The number of aryl methyl sites for hydroxylation is 2. The average molecular weight is 823 g/mol. The van der Waals surface area contributed by atoms with Crippen LogP contribution in [0.1, 0.15) is 11.1 Å². The topological polar surface area (TPSA) is 43.4 Å². The van der Waals surface area contributed by atoms with Gasteiger partial charge in [-0.1, -0.05) is 54.6 Å². The van der Waals surface area contributed by atoms with Gasteiger partial charge in [0, 0.05) is 40.7 Å². The van der Waals surface area contributed by atoms with Crippen LogP contribution in [-0.2, 0) is 0 Å². The van der Waals surface area contributed by atoms with E-state index in [2.05, 4.69) is 146 Å². The molecule has 11 rings (SSSR count). The van der Waals surface area contributed by atoms with Gasteiger partial charge in [0.1, 0.15) is 23.0 Å². The molecule has 63 heavy (non-hydrogen) atoms. The molecule has 0 unspecified atom stereocenters. The van der Waals surface area contributed by atoms with Crippen molar-refractivity contribution >= 4 is 93.1 Å². The van der Waals surface area contributed by atoms with E-state index >= 15 is 0 Å². The molecule has 0 radical (unpaired) electrons. The maximum atomic E-state index is 6.05. The molecule has 0 aliphatic heterocycles. The van der Waals surface area contributed by atoms with E-state index in [1.165, 1.54) is 75.8 Å². The highest BCUT2D eigenvalue weighted by molar-refractivity contribution is 6.41. The molecule has 11 aromatic carbocycles. The summed E-state index contributed by atoms with van der Waals surface area (Å²) in [5, 5.41) is 15.4. The smallest absolute Gasteiger partial charge is 0.126 e. The summed E-state index contributed by atoms with van der Waals surface area (Å²) < 4.78 is 22.6. The number of anilines is 5. The van der Waals surface area contributed by atoms with Gasteiger partial charge in [0.25, 0.3) is 0 Å². The number of fused-ring (bicyclic) bond motifs is 6. The van der Waals surface area contributed by atoms with Crippen LogP contribution >= 0.6 is 0 Å². The molecule has 11 aromatic rings. The molecule has 0 atom stereocenters. The van der Waals surface area contributed by atoms with Crippen LogP contribution in [0.25, 0.3) is 75.8 Å². The number of hydrogen-bond acceptors (Lipinski definition) is 6. The highest BCUT2D eigenvalue weighted by atomic mass is 16.5. The van der Waals surface area contributed by atoms with Gasteiger partial charge in [-0.2, -0.15) is 0 Å². The first kappa shape index (κ1) is 38.2. The molecule has 0 aromatic heterocycles. The molecule has 0 bridgehead atoms. The maximum Gasteiger partial charge on any atom is 0.126 e. The fraction of sp³-hybridized carbons (Fsp3) is 0.123. The van der Waals surface area contributed by atoms with Crippen molar-refractivity contribution < 1.29 is 18.9 Å². The van der Waals surface area contributed by atoms with Crippen LogP contribution in [0.15, 0.2) is 152 Å². The van der Waals surface area contributed by atoms with E-state index in [9.17, 15) is 0 Å². The summed E-state index contributed by atoms with van der Waals surface area (Å²) in [5.74, 6) is 3.31. The third-order valence-electron chi connectivity index (χ3n) is 13.4. The first-order valence-corrected chi connectivity index (χ1v) is 21.3. The van der Waals surface area contributed by atoms with E-state index in [1.54, 1.807) is 28.4 Å². The van der Waals surface area contributed by atoms with E-state index < -0.39 is 0 Å². The summed E-state index contributed by atoms with van der Waals surface area (Å²) >= 11 is 0. The summed E-state index contributed by atoms with van der Waals surface area (Å²) in [7, 11) is 8.95. The lowest BCUT2D eigenvalue weighted by Gasteiger charge is -2.27. The Morgan fingerprint density at radius 3 is 1.29 bits per heavy atom. The van der Waals surface area contributed by atoms with E-state index in [0.29, 0.717) is 0 Å². The summed E-state index contributed by atoms with van der Waals surface area (Å²) in [6.07, 6.45) is 0. The highest BCUT2D eigenvalue weighted by Gasteiger charge is 2.26. The molecular weight excluding hydrogens is 777 g/mol. The molecule has 308 valence electrons. The van der Waals surface area contributed by atoms with Crippen molar-refractivity contribution in [2.75, 3.05) is 45.3 Å². The van der Waals surface area contributed by atoms with Gasteiger partial charge in [0.15, 0.2) is 0 Å². The second kappa shape index (κ2) is 14.7. The molecule has 0 saturated heterocycles. The number of nitrogens with zero attached hydrogens (tertiary/aromatic N) is 2. The lowest BCUT2D eigenvalue weighted by atomic mass is 9.94. The molecule has 0 aliphatic carbocycles. The molecule has 0 N–H and O–H groups in total. The van der Waals surface area contributed by atoms with Gasteiger partial charge in [0.2, 0.25) is 0 Å². The Morgan fingerprint density at radius 1 is 0.349 bits per heavy atom. The van der Waals surface area contributed by atoms with Crippen molar-refractivity contribution in [2.24, 2.45) is 0 Å². The van der Waals surface area contributed by atoms with Gasteiger partial charge >= 0.3 is 0 Å². The number of rotatable bonds is 10. The van der Waals surface area contributed by atoms with Crippen LogP contribution in [0.3, 0.4) is 0 Å². The zero-order chi connectivity index (χ0) is 43.1. The Bertz CT molecular complexity index is 3420. The Balaban J connectivity index is 1.12. The van der Waals surface area contributed by atoms with Gasteiger partial charge in [-0.3, -0.25) is 0 Å². The van der Waals surface area contributed by atoms with Crippen molar-refractivity contribution in [2.45, 2.75) is 13.8 Å². The number of benzene rings is 9. The quantitative estimate of drug-likeness (QED) is 0.137. The summed E-state index contributed by atoms with van der Waals surface area (Å²) in [6.45, 7) is 4.66. The van der Waals surface area contributed by atoms with Gasteiger partial charge < -0.3 is 28.7 Å². The minimum atomic E-state index is 0.819. The second-order valence-corrected chi connectivity index (χ2v) is 16.4. The van der Waals surface area contributed by atoms with Crippen LogP contribution < -0.4 is 28.7 Å². The highest BCUT2D eigenvalue weighted by Crippen LogP contribution is 2.53. The van der Waals surface area contributed by atoms with Gasteiger partial charge in [-0.15, -0.1) is 0 Å². The largest absolute Gasteiger partial charge is 0.497 e. The van der Waals surface area contributed by atoms with Crippen LogP contribution in [0, 0.1) is 13.8 Å². The zero-order valence-electron chi connectivity index (χ0n) is 36.5. The van der Waals surface area contributed by atoms with Crippen molar-refractivity contribution in [3.63, 3.8) is 0 Å². The average Bonchev–Trinajstić information content (AvgIpc) is 3.87. The Morgan fingerprint density at radius 2 is 0.778 bits per heavy atom. The van der Waals surface area contributed by atoms with Crippen LogP contribution in [0.4, 0.5) is 28.4 Å². The van der Waals surface area contributed by atoms with Gasteiger partial charge in [0.05, 0.1) is 34.1 Å². The standard InChI is InChI=1S/C57H46N2O4/c1-33-52-45-12-8-10-43-42(49-32-38(20-31-51(49)63-7)58(3)35-14-21-39(60-4)22-15-35)27-28-47(56(43)45)54(52)34(2)53-46-13-9-11-44-50(30-29-48(55(33)53)57(44)46)59(36-16-23-40(61-5)24-17-36)37-18-25-41(62-6)26-19-37/h8-32H,1-7H3. The fourth-order valence-electron chi connectivity index (χ4n) is 10.4. The molecule has 0 spiro atoms. The number of ether oxygens (including phenoxy) is 4. The Hall–Kier alpha value is -7.70. The van der Waals surface area contributed by atoms with Crippen LogP contribution in [0.2, 0.25) is 0 Å². The molecule has 6 heteroatoms. The van der Waals surface area contributed by atoms with Crippen LogP contribution in [-0.4, -0.2) is 35.5 Å². The lowest BCUT2D eigenvalue weighted by molar-refractivity contribution is 0.414. The summed E-state index contributed by atoms with van der Waals surface area (Å²) in [4.78, 5) is 4.53. The summed E-state index contributed by atoms with van der Waals surface area (Å²) in [5.41, 5.74) is 10.2. The Kier molecular flexibility index (Phi) is 8.95. The monoisotopic (exact) mass is 822 g/mol. The third-order valence-corrected chi connectivity index (χ3v) is 13.4. The molecule has 0 fully saturated rings. The first-order valence-electron chi connectivity index (χ1n) is 21.3. The van der Waals surface area contributed by atoms with Crippen molar-refractivity contribution in [1.82, 2.24) is 0 Å². The van der Waals surface area contributed by atoms with Crippen molar-refractivity contribution in [1.29, 1.82) is 0 Å². The SMILES string of the molecule is COc1ccc(N(C)c2ccc(OC)c(-c3ccc4c5c(C)c6c7cccc8c(N(c9ccc(OC)cc9)c9ccc(OC)cc9)ccc(c6c(C)c5c5cccc3c45)c87)c2)cc1. The number of methoxy groups -OCH3 is 4. The first-order chi connectivity index (χ1) is 30.8. The number of hydrogen-bond donors (Lipinski definition) is 0. The van der Waals surface area contributed by atoms with E-state index in [0.717, 1.165) is 62.6 Å². The molecule has 0 aliphatic rings. The normalized spacial score (nSPS) is 11.7. The van der Waals surface area contributed by atoms with Crippen molar-refractivity contribution in [3.05, 3.63) is 163 Å². The molecular formula is C57H46N2O4. The lowest BCUT2D eigenvalue weighted by Crippen LogP contribution is -2.10. The van der Waals surface area contributed by atoms with E-state index in [-0.39, 0.29) is 0 Å². The zero-order valence-corrected chi connectivity index (χ0v) is 36.5. The molecule has 0 saturated carbocycles. The van der Waals surface area contributed by atoms with E-state index in [1.807, 2.05) is 36.4 Å². The molecule has 6 nitrogen and oxygen atoms in total. The molecule has 0 amide bonds. The third kappa shape index (κ3) is 5.71. The minimum absolute atomic E-state index is 0.819. The predicted molar refractivity (Wildman–Crippen MR) is 264 cm³/mol. The predicted octanol–water partition coefficient (Wildman–Crippen LogP) is 15.0. The fourth-order valence-corrected chi connectivity index (χ4v) is 10.4. The Labute approximate surface area is 366 Å². The van der Waals surface area contributed by atoms with Gasteiger partial charge in [-0.05, 0) is 187 Å². The second-order valence-electron chi connectivity index (χ2n) is 16.4. The van der Waals surface area contributed by atoms with E-state index in [4.69, 9.17) is 18.9 Å². The van der Waals surface area contributed by atoms with Gasteiger partial charge in [-0.25, -0.2) is 0 Å². The summed E-state index contributed by atoms with van der Waals surface area (Å²) in [6, 6.07) is 54.1. The van der Waals surface area contributed by atoms with Crippen molar-refractivity contribution in [3.8, 4) is 34.1 Å². The minimum Gasteiger partial charge on any atom is -0.497 e. The maximum absolute atomic E-state index is 6.05.